The van der Waals surface area contributed by atoms with Gasteiger partial charge in [-0.05, 0) is 23.8 Å². The molecule has 2 aliphatic rings. The number of hydrogen-bond acceptors (Lipinski definition) is 5. The van der Waals surface area contributed by atoms with Crippen molar-refractivity contribution in [2.45, 2.75) is 17.7 Å². The maximum Gasteiger partial charge on any atom is 0.252 e. The van der Waals surface area contributed by atoms with E-state index >= 15 is 0 Å². The number of amides is 1. The van der Waals surface area contributed by atoms with Crippen molar-refractivity contribution in [2.75, 3.05) is 23.5 Å². The summed E-state index contributed by atoms with van der Waals surface area (Å²) in [6, 6.07) is 14.2. The van der Waals surface area contributed by atoms with Crippen LogP contribution in [0.4, 0.5) is 5.69 Å². The van der Waals surface area contributed by atoms with Gasteiger partial charge in [0.15, 0.2) is 15.0 Å². The number of benzene rings is 2. The number of hydrogen-bond donors (Lipinski definition) is 0. The van der Waals surface area contributed by atoms with Gasteiger partial charge in [0.1, 0.15) is 5.75 Å². The van der Waals surface area contributed by atoms with Crippen LogP contribution in [0.1, 0.15) is 5.56 Å². The topological polar surface area (TPSA) is 76.0 Å². The van der Waals surface area contributed by atoms with Crippen molar-refractivity contribution < 1.29 is 17.9 Å². The first-order chi connectivity index (χ1) is 13.9. The number of amidine groups is 1. The molecule has 0 spiro atoms. The minimum Gasteiger partial charge on any atom is -0.497 e. The molecule has 1 amide bonds. The van der Waals surface area contributed by atoms with Crippen molar-refractivity contribution in [3.8, 4) is 5.75 Å². The fraction of sp³-hybridized carbons (Fsp3) is 0.300. The summed E-state index contributed by atoms with van der Waals surface area (Å²) in [4.78, 5) is 18.8. The van der Waals surface area contributed by atoms with Gasteiger partial charge in [-0.25, -0.2) is 8.42 Å². The summed E-state index contributed by atoms with van der Waals surface area (Å²) >= 11 is 7.50. The van der Waals surface area contributed by atoms with Gasteiger partial charge in [-0.1, -0.05) is 47.6 Å². The van der Waals surface area contributed by atoms with E-state index in [4.69, 9.17) is 16.3 Å². The highest BCUT2D eigenvalue weighted by Crippen LogP contribution is 2.41. The minimum atomic E-state index is -3.12. The Morgan fingerprint density at radius 2 is 2.03 bits per heavy atom. The summed E-state index contributed by atoms with van der Waals surface area (Å²) < 4.78 is 29.6. The second kappa shape index (κ2) is 8.01. The summed E-state index contributed by atoms with van der Waals surface area (Å²) in [6.45, 7) is 0. The van der Waals surface area contributed by atoms with Crippen molar-refractivity contribution in [2.24, 2.45) is 4.99 Å². The number of fused-ring (bicyclic) bond motifs is 1. The lowest BCUT2D eigenvalue weighted by atomic mass is 10.1. The number of aliphatic imine (C=N–C) groups is 1. The molecule has 0 unspecified atom stereocenters. The molecule has 0 radical (unpaired) electrons. The van der Waals surface area contributed by atoms with Gasteiger partial charge in [0, 0.05) is 22.0 Å². The van der Waals surface area contributed by atoms with Gasteiger partial charge in [-0.15, -0.1) is 0 Å². The Kier molecular flexibility index (Phi) is 5.59. The summed E-state index contributed by atoms with van der Waals surface area (Å²) in [5, 5.41) is 0.881. The molecule has 4 rings (SSSR count). The second-order valence-corrected chi connectivity index (χ2v) is 10.7. The van der Waals surface area contributed by atoms with Crippen molar-refractivity contribution >= 4 is 50.0 Å². The molecular weight excluding hydrogens is 432 g/mol. The number of carbonyl (C=O) groups is 1. The molecule has 0 saturated carbocycles. The Morgan fingerprint density at radius 1 is 1.24 bits per heavy atom. The number of nitrogens with zero attached hydrogens (tertiary/aromatic N) is 2. The van der Waals surface area contributed by atoms with Crippen molar-refractivity contribution in [3.05, 3.63) is 59.1 Å². The third-order valence-electron chi connectivity index (χ3n) is 4.92. The summed E-state index contributed by atoms with van der Waals surface area (Å²) in [6.07, 6.45) is 0.0866. The predicted molar refractivity (Wildman–Crippen MR) is 117 cm³/mol. The largest absolute Gasteiger partial charge is 0.497 e. The van der Waals surface area contributed by atoms with Gasteiger partial charge in [0.05, 0.1) is 31.1 Å². The number of methoxy groups -OCH3 is 1. The molecule has 2 aliphatic heterocycles. The monoisotopic (exact) mass is 450 g/mol. The van der Waals surface area contributed by atoms with Gasteiger partial charge in [-0.2, -0.15) is 4.99 Å². The highest BCUT2D eigenvalue weighted by Gasteiger charge is 2.49. The van der Waals surface area contributed by atoms with Gasteiger partial charge in [0.25, 0.3) is 5.91 Å². The minimum absolute atomic E-state index is 0.0413. The normalized spacial score (nSPS) is 23.9. The molecule has 2 heterocycles. The molecule has 29 heavy (non-hydrogen) atoms. The van der Waals surface area contributed by atoms with Crippen LogP contribution >= 0.6 is 23.4 Å². The molecule has 0 bridgehead atoms. The zero-order valence-corrected chi connectivity index (χ0v) is 18.0. The lowest BCUT2D eigenvalue weighted by molar-refractivity contribution is -0.117. The van der Waals surface area contributed by atoms with E-state index < -0.39 is 9.84 Å². The number of sulfone groups is 1. The third-order valence-corrected chi connectivity index (χ3v) is 8.50. The maximum atomic E-state index is 12.6. The molecular formula is C20H19ClN2O4S2. The Bertz CT molecular complexity index is 1090. The average Bonchev–Trinajstić information content (AvgIpc) is 3.14. The Morgan fingerprint density at radius 3 is 2.79 bits per heavy atom. The Hall–Kier alpha value is -2.03. The number of rotatable bonds is 4. The summed E-state index contributed by atoms with van der Waals surface area (Å²) in [5.74, 6) is 0.454. The van der Waals surface area contributed by atoms with Crippen LogP contribution in [0.2, 0.25) is 5.02 Å². The van der Waals surface area contributed by atoms with Crippen LogP contribution in [-0.2, 0) is 21.1 Å². The predicted octanol–water partition coefficient (Wildman–Crippen LogP) is 3.19. The average molecular weight is 451 g/mol. The molecule has 2 atom stereocenters. The molecule has 0 aliphatic carbocycles. The van der Waals surface area contributed by atoms with Crippen LogP contribution in [0, 0.1) is 0 Å². The van der Waals surface area contributed by atoms with Gasteiger partial charge < -0.3 is 9.64 Å². The summed E-state index contributed by atoms with van der Waals surface area (Å²) in [7, 11) is -1.55. The van der Waals surface area contributed by atoms with Crippen LogP contribution in [0.3, 0.4) is 0 Å². The van der Waals surface area contributed by atoms with Crippen LogP contribution in [-0.4, -0.2) is 49.4 Å². The van der Waals surface area contributed by atoms with Gasteiger partial charge in [-0.3, -0.25) is 4.79 Å². The highest BCUT2D eigenvalue weighted by molar-refractivity contribution is 8.16. The SMILES string of the molecule is COc1cccc(N2C(=NC(=O)Cc3ccccc3Cl)S[C@@H]3CS(=O)(=O)C[C@H]32)c1. The molecule has 0 aromatic heterocycles. The van der Waals surface area contributed by atoms with Crippen LogP contribution < -0.4 is 9.64 Å². The number of carbonyl (C=O) groups excluding carboxylic acids is 1. The van der Waals surface area contributed by atoms with Crippen molar-refractivity contribution in [1.82, 2.24) is 0 Å². The number of thioether (sulfide) groups is 1. The molecule has 9 heteroatoms. The second-order valence-electron chi connectivity index (χ2n) is 6.93. The van der Waals surface area contributed by atoms with E-state index in [0.29, 0.717) is 21.5 Å². The van der Waals surface area contributed by atoms with Gasteiger partial charge >= 0.3 is 0 Å². The molecule has 2 aromatic carbocycles. The first kappa shape index (κ1) is 20.3. The summed E-state index contributed by atoms with van der Waals surface area (Å²) in [5.41, 5.74) is 1.47. The van der Waals surface area contributed by atoms with E-state index in [1.165, 1.54) is 11.8 Å². The Labute approximate surface area is 178 Å². The first-order valence-electron chi connectivity index (χ1n) is 9.01. The zero-order valence-electron chi connectivity index (χ0n) is 15.6. The van der Waals surface area contributed by atoms with E-state index in [1.54, 1.807) is 25.3 Å². The molecule has 2 aromatic rings. The van der Waals surface area contributed by atoms with E-state index in [0.717, 1.165) is 5.69 Å². The van der Waals surface area contributed by atoms with E-state index in [9.17, 15) is 13.2 Å². The fourth-order valence-electron chi connectivity index (χ4n) is 3.58. The molecule has 152 valence electrons. The zero-order chi connectivity index (χ0) is 20.6. The van der Waals surface area contributed by atoms with Crippen LogP contribution in [0.25, 0.3) is 0 Å². The van der Waals surface area contributed by atoms with E-state index in [2.05, 4.69) is 4.99 Å². The van der Waals surface area contributed by atoms with E-state index in [-0.39, 0.29) is 35.1 Å². The lowest BCUT2D eigenvalue weighted by Crippen LogP contribution is -2.37. The Balaban J connectivity index is 1.66. The molecule has 0 N–H and O–H groups in total. The van der Waals surface area contributed by atoms with E-state index in [1.807, 2.05) is 35.2 Å². The van der Waals surface area contributed by atoms with Crippen molar-refractivity contribution in [3.63, 3.8) is 0 Å². The third kappa shape index (κ3) is 4.29. The lowest BCUT2D eigenvalue weighted by Gasteiger charge is -2.24. The molecule has 2 fully saturated rings. The standard InChI is InChI=1S/C20H19ClN2O4S2/c1-27-15-7-4-6-14(10-15)23-17-11-29(25,26)12-18(17)28-20(23)22-19(24)9-13-5-2-3-8-16(13)21/h2-8,10,17-18H,9,11-12H2,1H3/t17-,18-/m1/s1. The van der Waals surface area contributed by atoms with Crippen molar-refractivity contribution in [1.29, 1.82) is 0 Å². The molecule has 2 saturated heterocycles. The van der Waals surface area contributed by atoms with Gasteiger partial charge in [0.2, 0.25) is 0 Å². The number of anilines is 1. The maximum absolute atomic E-state index is 12.6. The molecule has 6 nitrogen and oxygen atoms in total. The smallest absolute Gasteiger partial charge is 0.252 e. The fourth-order valence-corrected chi connectivity index (χ4v) is 7.71. The number of halogens is 1. The van der Waals surface area contributed by atoms with Crippen LogP contribution in [0.5, 0.6) is 5.75 Å². The highest BCUT2D eigenvalue weighted by atomic mass is 35.5. The quantitative estimate of drug-likeness (QED) is 0.712. The van der Waals surface area contributed by atoms with Crippen LogP contribution in [0.15, 0.2) is 53.5 Å². The first-order valence-corrected chi connectivity index (χ1v) is 12.1. The number of ether oxygens (including phenoxy) is 1.